The minimum absolute atomic E-state index is 0.117. The van der Waals surface area contributed by atoms with Crippen LogP contribution in [0, 0.1) is 0 Å². The first-order valence-electron chi connectivity index (χ1n) is 11.0. The van der Waals surface area contributed by atoms with Crippen LogP contribution in [-0.2, 0) is 11.4 Å². The first-order valence-corrected chi connectivity index (χ1v) is 11.0. The molecule has 3 aliphatic heterocycles. The van der Waals surface area contributed by atoms with Crippen molar-refractivity contribution in [2.45, 2.75) is 19.4 Å². The van der Waals surface area contributed by atoms with Crippen molar-refractivity contribution in [3.05, 3.63) is 54.5 Å². The third kappa shape index (κ3) is 3.51. The van der Waals surface area contributed by atoms with E-state index in [9.17, 15) is 9.59 Å². The van der Waals surface area contributed by atoms with Crippen molar-refractivity contribution in [1.82, 2.24) is 15.3 Å². The molecule has 2 fully saturated rings. The number of pyridine rings is 2. The number of ether oxygens (including phenoxy) is 1. The number of anilines is 4. The number of carbonyl (C=O) groups excluding carboxylic acids is 2. The number of rotatable bonds is 4. The Balaban J connectivity index is 1.24. The molecule has 9 heteroatoms. The van der Waals surface area contributed by atoms with Gasteiger partial charge in [0.25, 0.3) is 0 Å². The normalized spacial score (nSPS) is 16.8. The van der Waals surface area contributed by atoms with E-state index in [-0.39, 0.29) is 11.9 Å². The molecule has 5 heterocycles. The van der Waals surface area contributed by atoms with Crippen molar-refractivity contribution in [3.63, 3.8) is 0 Å². The topological polar surface area (TPSA) is 99.7 Å². The van der Waals surface area contributed by atoms with Crippen LogP contribution in [0.4, 0.5) is 27.7 Å². The molecule has 0 bridgehead atoms. The first kappa shape index (κ1) is 19.5. The number of amides is 3. The molecule has 1 aromatic carbocycles. The standard InChI is InChI=1S/C24H22N6O3/c31-23-2-1-6-29(23)17-3-4-19-20-13-27-22(8-15(20)14-33-21(19)10-17)28-16-9-18(12-25-11-16)30-7-5-26-24(30)32/h3-4,8-13H,1-2,5-7,14H2,(H,26,32)(H,27,28). The molecule has 2 aromatic heterocycles. The maximum atomic E-state index is 12.1. The number of carbonyl (C=O) groups is 2. The van der Waals surface area contributed by atoms with Crippen molar-refractivity contribution < 1.29 is 14.3 Å². The number of hydrogen-bond donors (Lipinski definition) is 2. The number of nitrogens with zero attached hydrogens (tertiary/aromatic N) is 4. The summed E-state index contributed by atoms with van der Waals surface area (Å²) in [5.74, 6) is 1.60. The lowest BCUT2D eigenvalue weighted by atomic mass is 9.98. The maximum Gasteiger partial charge on any atom is 0.322 e. The molecule has 0 saturated carbocycles. The lowest BCUT2D eigenvalue weighted by Gasteiger charge is -2.24. The summed E-state index contributed by atoms with van der Waals surface area (Å²) in [7, 11) is 0. The van der Waals surface area contributed by atoms with Crippen LogP contribution < -0.4 is 25.2 Å². The van der Waals surface area contributed by atoms with Gasteiger partial charge in [0.15, 0.2) is 0 Å². The lowest BCUT2D eigenvalue weighted by Crippen LogP contribution is -2.27. The summed E-state index contributed by atoms with van der Waals surface area (Å²) in [6.45, 7) is 2.41. The average molecular weight is 442 g/mol. The third-order valence-electron chi connectivity index (χ3n) is 6.18. The fourth-order valence-electron chi connectivity index (χ4n) is 4.53. The highest BCUT2D eigenvalue weighted by Gasteiger charge is 2.25. The van der Waals surface area contributed by atoms with Gasteiger partial charge in [-0.25, -0.2) is 9.78 Å². The van der Waals surface area contributed by atoms with Gasteiger partial charge in [-0.1, -0.05) is 0 Å². The summed E-state index contributed by atoms with van der Waals surface area (Å²) in [5.41, 5.74) is 5.36. The van der Waals surface area contributed by atoms with E-state index in [2.05, 4.69) is 20.6 Å². The number of nitrogens with one attached hydrogen (secondary N) is 2. The minimum atomic E-state index is -0.117. The highest BCUT2D eigenvalue weighted by Crippen LogP contribution is 2.40. The molecule has 3 aromatic rings. The van der Waals surface area contributed by atoms with Crippen LogP contribution in [0.2, 0.25) is 0 Å². The molecule has 166 valence electrons. The SMILES string of the molecule is O=C1CCCN1c1ccc2c(c1)OCc1cc(Nc3cncc(N4CCNC4=O)c3)ncc1-2. The number of aromatic nitrogens is 2. The van der Waals surface area contributed by atoms with Crippen molar-refractivity contribution >= 4 is 34.8 Å². The summed E-state index contributed by atoms with van der Waals surface area (Å²) in [6, 6.07) is 9.64. The zero-order valence-corrected chi connectivity index (χ0v) is 17.9. The Morgan fingerprint density at radius 2 is 1.91 bits per heavy atom. The molecule has 33 heavy (non-hydrogen) atoms. The Morgan fingerprint density at radius 3 is 2.73 bits per heavy atom. The van der Waals surface area contributed by atoms with Gasteiger partial charge < -0.3 is 20.3 Å². The van der Waals surface area contributed by atoms with E-state index in [0.29, 0.717) is 31.9 Å². The number of hydrogen-bond acceptors (Lipinski definition) is 6. The molecule has 0 radical (unpaired) electrons. The predicted molar refractivity (Wildman–Crippen MR) is 124 cm³/mol. The Morgan fingerprint density at radius 1 is 0.970 bits per heavy atom. The molecular formula is C24H22N6O3. The molecule has 2 saturated heterocycles. The summed E-state index contributed by atoms with van der Waals surface area (Å²) >= 11 is 0. The van der Waals surface area contributed by atoms with E-state index in [1.54, 1.807) is 17.3 Å². The molecule has 2 N–H and O–H groups in total. The van der Waals surface area contributed by atoms with Crippen LogP contribution in [-0.4, -0.2) is 41.5 Å². The Labute approximate surface area is 190 Å². The Kier molecular flexibility index (Phi) is 4.60. The molecule has 6 rings (SSSR count). The number of benzene rings is 1. The average Bonchev–Trinajstić information content (AvgIpc) is 3.46. The van der Waals surface area contributed by atoms with Gasteiger partial charge in [0.05, 0.1) is 23.8 Å². The second-order valence-corrected chi connectivity index (χ2v) is 8.29. The van der Waals surface area contributed by atoms with Gasteiger partial charge in [-0.15, -0.1) is 0 Å². The Hall–Kier alpha value is -4.14. The highest BCUT2D eigenvalue weighted by atomic mass is 16.5. The molecule has 9 nitrogen and oxygen atoms in total. The molecule has 0 atom stereocenters. The van der Waals surface area contributed by atoms with E-state index in [0.717, 1.165) is 52.5 Å². The summed E-state index contributed by atoms with van der Waals surface area (Å²) < 4.78 is 6.03. The second kappa shape index (κ2) is 7.77. The zero-order chi connectivity index (χ0) is 22.4. The molecule has 3 aliphatic rings. The van der Waals surface area contributed by atoms with E-state index in [4.69, 9.17) is 4.74 Å². The van der Waals surface area contributed by atoms with Crippen LogP contribution in [0.3, 0.4) is 0 Å². The number of urea groups is 1. The smallest absolute Gasteiger partial charge is 0.322 e. The van der Waals surface area contributed by atoms with E-state index >= 15 is 0 Å². The third-order valence-corrected chi connectivity index (χ3v) is 6.18. The molecular weight excluding hydrogens is 420 g/mol. The van der Waals surface area contributed by atoms with Gasteiger partial charge in [-0.2, -0.15) is 0 Å². The Bertz CT molecular complexity index is 1280. The van der Waals surface area contributed by atoms with Crippen LogP contribution in [0.5, 0.6) is 5.75 Å². The van der Waals surface area contributed by atoms with Gasteiger partial charge >= 0.3 is 6.03 Å². The predicted octanol–water partition coefficient (Wildman–Crippen LogP) is 3.44. The zero-order valence-electron chi connectivity index (χ0n) is 17.9. The van der Waals surface area contributed by atoms with E-state index < -0.39 is 0 Å². The van der Waals surface area contributed by atoms with Crippen molar-refractivity contribution in [2.75, 3.05) is 34.8 Å². The van der Waals surface area contributed by atoms with Crippen molar-refractivity contribution in [3.8, 4) is 16.9 Å². The van der Waals surface area contributed by atoms with E-state index in [1.807, 2.05) is 41.4 Å². The van der Waals surface area contributed by atoms with Crippen LogP contribution in [0.25, 0.3) is 11.1 Å². The lowest BCUT2D eigenvalue weighted by molar-refractivity contribution is -0.117. The molecule has 0 aliphatic carbocycles. The summed E-state index contributed by atoms with van der Waals surface area (Å²) in [5, 5.41) is 6.07. The van der Waals surface area contributed by atoms with Crippen molar-refractivity contribution in [2.24, 2.45) is 0 Å². The quantitative estimate of drug-likeness (QED) is 0.642. The van der Waals surface area contributed by atoms with Gasteiger partial charge in [0.1, 0.15) is 18.2 Å². The minimum Gasteiger partial charge on any atom is -0.488 e. The van der Waals surface area contributed by atoms with Crippen LogP contribution in [0.15, 0.2) is 48.9 Å². The first-order chi connectivity index (χ1) is 16.2. The van der Waals surface area contributed by atoms with Gasteiger partial charge in [0.2, 0.25) is 5.91 Å². The molecule has 0 spiro atoms. The van der Waals surface area contributed by atoms with Gasteiger partial charge in [-0.05, 0) is 30.7 Å². The fourth-order valence-corrected chi connectivity index (χ4v) is 4.53. The largest absolute Gasteiger partial charge is 0.488 e. The molecule has 0 unspecified atom stereocenters. The second-order valence-electron chi connectivity index (χ2n) is 8.29. The maximum absolute atomic E-state index is 12.1. The summed E-state index contributed by atoms with van der Waals surface area (Å²) in [6.07, 6.45) is 6.70. The highest BCUT2D eigenvalue weighted by molar-refractivity contribution is 5.96. The van der Waals surface area contributed by atoms with Crippen LogP contribution in [0.1, 0.15) is 18.4 Å². The fraction of sp³-hybridized carbons (Fsp3) is 0.250. The van der Waals surface area contributed by atoms with Crippen molar-refractivity contribution in [1.29, 1.82) is 0 Å². The summed E-state index contributed by atoms with van der Waals surface area (Å²) in [4.78, 5) is 36.3. The monoisotopic (exact) mass is 442 g/mol. The van der Waals surface area contributed by atoms with E-state index in [1.165, 1.54) is 0 Å². The van der Waals surface area contributed by atoms with Crippen LogP contribution >= 0.6 is 0 Å². The molecule has 3 amide bonds. The number of fused-ring (bicyclic) bond motifs is 3. The van der Waals surface area contributed by atoms with Gasteiger partial charge in [0, 0.05) is 60.7 Å². The van der Waals surface area contributed by atoms with Gasteiger partial charge in [-0.3, -0.25) is 14.7 Å².